The third-order valence-electron chi connectivity index (χ3n) is 3.84. The molecule has 0 saturated heterocycles. The molecular weight excluding hydrogens is 383 g/mol. The maximum Gasteiger partial charge on any atom is 0.150 e. The number of aliphatic imine (C=N–C) groups is 1. The highest BCUT2D eigenvalue weighted by Crippen LogP contribution is 2.35. The van der Waals surface area contributed by atoms with Gasteiger partial charge in [0.15, 0.2) is 0 Å². The number of benzene rings is 1. The Hall–Kier alpha value is -1.62. The maximum atomic E-state index is 4.68. The molecule has 0 unspecified atom stereocenters. The van der Waals surface area contributed by atoms with Gasteiger partial charge in [-0.1, -0.05) is 36.4 Å². The quantitative estimate of drug-likeness (QED) is 0.349. The van der Waals surface area contributed by atoms with Crippen molar-refractivity contribution >= 4 is 51.6 Å². The fourth-order valence-electron chi connectivity index (χ4n) is 2.98. The Balaban J connectivity index is 2.39. The number of rotatable bonds is 3. The molecular formula is C19H19IN2. The summed E-state index contributed by atoms with van der Waals surface area (Å²) in [6.07, 6.45) is 12.7. The lowest BCUT2D eigenvalue weighted by Crippen LogP contribution is -2.04. The van der Waals surface area contributed by atoms with Gasteiger partial charge in [0.1, 0.15) is 5.82 Å². The molecule has 1 aromatic heterocycles. The van der Waals surface area contributed by atoms with Gasteiger partial charge in [-0.25, -0.2) is 4.99 Å². The molecule has 2 aromatic rings. The smallest absolute Gasteiger partial charge is 0.150 e. The number of nitrogens with zero attached hydrogens (tertiary/aromatic N) is 2. The minimum atomic E-state index is 1.01. The molecule has 0 N–H and O–H groups in total. The van der Waals surface area contributed by atoms with E-state index in [9.17, 15) is 0 Å². The summed E-state index contributed by atoms with van der Waals surface area (Å²) >= 11 is 2.38. The topological polar surface area (TPSA) is 17.3 Å². The minimum Gasteiger partial charge on any atom is -0.297 e. The summed E-state index contributed by atoms with van der Waals surface area (Å²) in [5.74, 6) is 1.01. The fourth-order valence-corrected chi connectivity index (χ4v) is 3.72. The van der Waals surface area contributed by atoms with Crippen molar-refractivity contribution < 1.29 is 0 Å². The van der Waals surface area contributed by atoms with Crippen LogP contribution in [0.2, 0.25) is 0 Å². The van der Waals surface area contributed by atoms with Gasteiger partial charge in [-0.3, -0.25) is 4.57 Å². The zero-order chi connectivity index (χ0) is 15.5. The van der Waals surface area contributed by atoms with Crippen LogP contribution in [0.4, 0.5) is 0 Å². The highest BCUT2D eigenvalue weighted by Gasteiger charge is 2.19. The van der Waals surface area contributed by atoms with Crippen LogP contribution in [0.25, 0.3) is 22.8 Å². The van der Waals surface area contributed by atoms with Crippen LogP contribution in [0.3, 0.4) is 0 Å². The number of hydrogen-bond acceptors (Lipinski definition) is 1. The molecule has 0 amide bonds. The zero-order valence-electron chi connectivity index (χ0n) is 12.9. The first-order chi connectivity index (χ1) is 10.8. The van der Waals surface area contributed by atoms with Crippen molar-refractivity contribution in [3.8, 4) is 0 Å². The molecule has 0 saturated carbocycles. The molecule has 0 atom stereocenters. The van der Waals surface area contributed by atoms with Crippen LogP contribution in [0.5, 0.6) is 0 Å². The van der Waals surface area contributed by atoms with Gasteiger partial charge < -0.3 is 0 Å². The van der Waals surface area contributed by atoms with Crippen LogP contribution in [0, 0.1) is 0 Å². The van der Waals surface area contributed by atoms with E-state index in [0.717, 1.165) is 22.2 Å². The van der Waals surface area contributed by atoms with Crippen molar-refractivity contribution in [1.82, 2.24) is 4.57 Å². The second-order valence-corrected chi connectivity index (χ2v) is 6.38. The molecule has 1 aliphatic rings. The highest BCUT2D eigenvalue weighted by molar-refractivity contribution is 14.1. The summed E-state index contributed by atoms with van der Waals surface area (Å²) in [4.78, 5) is 4.68. The van der Waals surface area contributed by atoms with E-state index in [4.69, 9.17) is 0 Å². The first kappa shape index (κ1) is 15.3. The molecule has 0 bridgehead atoms. The maximum absolute atomic E-state index is 4.68. The molecule has 3 rings (SSSR count). The predicted molar refractivity (Wildman–Crippen MR) is 106 cm³/mol. The van der Waals surface area contributed by atoms with Crippen LogP contribution in [-0.2, 0) is 6.42 Å². The highest BCUT2D eigenvalue weighted by atomic mass is 127. The van der Waals surface area contributed by atoms with Crippen LogP contribution in [0.15, 0.2) is 51.1 Å². The van der Waals surface area contributed by atoms with E-state index >= 15 is 0 Å². The van der Waals surface area contributed by atoms with Gasteiger partial charge in [-0.2, -0.15) is 0 Å². The summed E-state index contributed by atoms with van der Waals surface area (Å²) in [6, 6.07) is 8.60. The van der Waals surface area contributed by atoms with Gasteiger partial charge in [0.25, 0.3) is 0 Å². The second kappa shape index (κ2) is 6.65. The molecule has 22 heavy (non-hydrogen) atoms. The molecule has 1 aromatic carbocycles. The summed E-state index contributed by atoms with van der Waals surface area (Å²) < 4.78 is 3.48. The van der Waals surface area contributed by atoms with Gasteiger partial charge in [-0.15, -0.1) is 0 Å². The van der Waals surface area contributed by atoms with Crippen molar-refractivity contribution in [2.45, 2.75) is 26.7 Å². The van der Waals surface area contributed by atoms with Crippen LogP contribution < -0.4 is 0 Å². The molecule has 0 spiro atoms. The molecule has 0 aliphatic heterocycles. The Labute approximate surface area is 145 Å². The molecule has 0 fully saturated rings. The van der Waals surface area contributed by atoms with E-state index in [2.05, 4.69) is 80.7 Å². The monoisotopic (exact) mass is 402 g/mol. The van der Waals surface area contributed by atoms with E-state index in [1.807, 2.05) is 20.1 Å². The molecule has 3 heteroatoms. The first-order valence-corrected chi connectivity index (χ1v) is 8.66. The van der Waals surface area contributed by atoms with E-state index in [0.29, 0.717) is 0 Å². The lowest BCUT2D eigenvalue weighted by molar-refractivity contribution is 0.891. The number of para-hydroxylation sites is 1. The summed E-state index contributed by atoms with van der Waals surface area (Å²) in [5, 5.41) is 1.31. The lowest BCUT2D eigenvalue weighted by Gasteiger charge is -2.14. The normalized spacial score (nSPS) is 15.8. The lowest BCUT2D eigenvalue weighted by atomic mass is 10.0. The largest absolute Gasteiger partial charge is 0.297 e. The fraction of sp³-hybridized carbons (Fsp3) is 0.211. The predicted octanol–water partition coefficient (Wildman–Crippen LogP) is 5.83. The van der Waals surface area contributed by atoms with E-state index in [-0.39, 0.29) is 0 Å². The van der Waals surface area contributed by atoms with E-state index < -0.39 is 0 Å². The van der Waals surface area contributed by atoms with Gasteiger partial charge >= 0.3 is 0 Å². The summed E-state index contributed by atoms with van der Waals surface area (Å²) in [7, 11) is 0. The Kier molecular flexibility index (Phi) is 4.62. The van der Waals surface area contributed by atoms with Crippen molar-refractivity contribution in [2.75, 3.05) is 0 Å². The summed E-state index contributed by atoms with van der Waals surface area (Å²) in [6.45, 7) is 4.01. The second-order valence-electron chi connectivity index (χ2n) is 5.21. The average molecular weight is 402 g/mol. The Morgan fingerprint density at radius 3 is 2.86 bits per heavy atom. The Morgan fingerprint density at radius 1 is 1.27 bits per heavy atom. The molecule has 1 aliphatic carbocycles. The SMILES string of the molecule is CC=N/C(=C(I)\C=C/C)n1c2c(c3ccccc31)C=CCC2. The van der Waals surface area contributed by atoms with Crippen molar-refractivity contribution in [3.63, 3.8) is 0 Å². The van der Waals surface area contributed by atoms with Crippen LogP contribution in [0.1, 0.15) is 31.5 Å². The third kappa shape index (κ3) is 2.58. The first-order valence-electron chi connectivity index (χ1n) is 7.58. The van der Waals surface area contributed by atoms with Crippen molar-refractivity contribution in [1.29, 1.82) is 0 Å². The molecule has 112 valence electrons. The molecule has 2 nitrogen and oxygen atoms in total. The zero-order valence-corrected chi connectivity index (χ0v) is 15.0. The van der Waals surface area contributed by atoms with Crippen molar-refractivity contribution in [2.24, 2.45) is 4.99 Å². The van der Waals surface area contributed by atoms with Gasteiger partial charge in [0.2, 0.25) is 0 Å². The Bertz CT molecular complexity index is 819. The Morgan fingerprint density at radius 2 is 2.09 bits per heavy atom. The van der Waals surface area contributed by atoms with E-state index in [1.54, 1.807) is 0 Å². The number of hydrogen-bond donors (Lipinski definition) is 0. The third-order valence-corrected chi connectivity index (χ3v) is 4.68. The van der Waals surface area contributed by atoms with E-state index in [1.165, 1.54) is 22.2 Å². The molecule has 0 radical (unpaired) electrons. The standard InChI is InChI=1S/C19H19IN2/c1-3-9-16(20)19(21-4-2)22-17-12-7-5-10-14(17)15-11-6-8-13-18(15)22/h3-7,9-12H,8,13H2,1-2H3/b9-3-,19-16-,21-4?. The summed E-state index contributed by atoms with van der Waals surface area (Å²) in [5.41, 5.74) is 3.94. The molecule has 1 heterocycles. The average Bonchev–Trinajstić information content (AvgIpc) is 2.87. The number of halogens is 1. The van der Waals surface area contributed by atoms with Gasteiger partial charge in [0.05, 0.1) is 9.10 Å². The minimum absolute atomic E-state index is 1.01. The number of aromatic nitrogens is 1. The van der Waals surface area contributed by atoms with Gasteiger partial charge in [0, 0.05) is 22.9 Å². The van der Waals surface area contributed by atoms with Crippen LogP contribution in [-0.4, -0.2) is 10.8 Å². The number of fused-ring (bicyclic) bond motifs is 3. The number of allylic oxidation sites excluding steroid dienone is 4. The van der Waals surface area contributed by atoms with Gasteiger partial charge in [-0.05, 0) is 61.4 Å². The van der Waals surface area contributed by atoms with Crippen molar-refractivity contribution in [3.05, 3.63) is 57.3 Å². The van der Waals surface area contributed by atoms with Crippen LogP contribution >= 0.6 is 22.6 Å².